The van der Waals surface area contributed by atoms with Crippen molar-refractivity contribution in [1.82, 2.24) is 0 Å². The van der Waals surface area contributed by atoms with Gasteiger partial charge in [0.05, 0.1) is 5.71 Å². The topological polar surface area (TPSA) is 71.0 Å². The molecule has 0 heterocycles. The Labute approximate surface area is 99.3 Å². The Kier molecular flexibility index (Phi) is 4.85. The Hall–Kier alpha value is -1.49. The van der Waals surface area contributed by atoms with E-state index in [0.717, 1.165) is 5.75 Å². The Morgan fingerprint density at radius 1 is 1.38 bits per heavy atom. The van der Waals surface area contributed by atoms with Gasteiger partial charge in [-0.15, -0.1) is 5.10 Å². The van der Waals surface area contributed by atoms with E-state index in [9.17, 15) is 5.11 Å². The number of nitrogens with two attached hydrogens (primary N) is 1. The SMILES string of the molecule is CCS/C(N)=N/N=C(\C)c1ccccc1O. The highest BCUT2D eigenvalue weighted by Gasteiger charge is 2.02. The predicted molar refractivity (Wildman–Crippen MR) is 70.1 cm³/mol. The van der Waals surface area contributed by atoms with Crippen LogP contribution in [0.15, 0.2) is 34.5 Å². The summed E-state index contributed by atoms with van der Waals surface area (Å²) in [6.07, 6.45) is 0. The number of hydrogen-bond acceptors (Lipinski definition) is 4. The van der Waals surface area contributed by atoms with E-state index in [-0.39, 0.29) is 5.75 Å². The molecule has 0 atom stereocenters. The number of nitrogens with zero attached hydrogens (tertiary/aromatic N) is 2. The maximum absolute atomic E-state index is 9.58. The summed E-state index contributed by atoms with van der Waals surface area (Å²) in [5.74, 6) is 1.06. The molecule has 1 aromatic rings. The van der Waals surface area contributed by atoms with Crippen molar-refractivity contribution in [3.63, 3.8) is 0 Å². The van der Waals surface area contributed by atoms with Crippen molar-refractivity contribution in [3.8, 4) is 5.75 Å². The summed E-state index contributed by atoms with van der Waals surface area (Å²) in [4.78, 5) is 0. The van der Waals surface area contributed by atoms with Crippen LogP contribution in [0.5, 0.6) is 5.75 Å². The van der Waals surface area contributed by atoms with Gasteiger partial charge in [0.1, 0.15) is 5.75 Å². The number of rotatable bonds is 3. The van der Waals surface area contributed by atoms with Gasteiger partial charge in [-0.1, -0.05) is 30.8 Å². The Bertz CT molecular complexity index is 415. The van der Waals surface area contributed by atoms with E-state index in [0.29, 0.717) is 16.4 Å². The van der Waals surface area contributed by atoms with Crippen LogP contribution in [0.2, 0.25) is 0 Å². The van der Waals surface area contributed by atoms with Gasteiger partial charge in [-0.2, -0.15) is 5.10 Å². The predicted octanol–water partition coefficient (Wildman–Crippen LogP) is 2.18. The molecule has 0 aliphatic carbocycles. The molecule has 5 heteroatoms. The van der Waals surface area contributed by atoms with Gasteiger partial charge in [-0.3, -0.25) is 0 Å². The van der Waals surface area contributed by atoms with Crippen molar-refractivity contribution < 1.29 is 5.11 Å². The molecular formula is C11H15N3OS. The van der Waals surface area contributed by atoms with Crippen LogP contribution in [0.25, 0.3) is 0 Å². The lowest BCUT2D eigenvalue weighted by Crippen LogP contribution is -2.06. The zero-order chi connectivity index (χ0) is 12.0. The average Bonchev–Trinajstić information content (AvgIpc) is 2.27. The van der Waals surface area contributed by atoms with E-state index in [4.69, 9.17) is 5.73 Å². The number of hydrogen-bond donors (Lipinski definition) is 2. The molecule has 0 aliphatic heterocycles. The van der Waals surface area contributed by atoms with Crippen molar-refractivity contribution in [2.24, 2.45) is 15.9 Å². The summed E-state index contributed by atoms with van der Waals surface area (Å²) in [6.45, 7) is 3.77. The molecule has 0 bridgehead atoms. The number of benzene rings is 1. The lowest BCUT2D eigenvalue weighted by atomic mass is 10.1. The Morgan fingerprint density at radius 3 is 2.69 bits per heavy atom. The van der Waals surface area contributed by atoms with Crippen LogP contribution in [0.1, 0.15) is 19.4 Å². The maximum atomic E-state index is 9.58. The van der Waals surface area contributed by atoms with Crippen LogP contribution in [-0.4, -0.2) is 21.7 Å². The van der Waals surface area contributed by atoms with Gasteiger partial charge in [-0.05, 0) is 24.8 Å². The van der Waals surface area contributed by atoms with Gasteiger partial charge in [0.2, 0.25) is 0 Å². The standard InChI is InChI=1S/C11H15N3OS/c1-3-16-11(12)14-13-8(2)9-6-4-5-7-10(9)15/h4-7,15H,3H2,1-2H3,(H2,12,14)/b13-8+. The fourth-order valence-corrected chi connectivity index (χ4v) is 1.53. The fraction of sp³-hybridized carbons (Fsp3) is 0.273. The number of amidine groups is 1. The van der Waals surface area contributed by atoms with E-state index in [1.54, 1.807) is 25.1 Å². The van der Waals surface area contributed by atoms with Crippen molar-refractivity contribution in [2.45, 2.75) is 13.8 Å². The smallest absolute Gasteiger partial charge is 0.180 e. The first-order chi connectivity index (χ1) is 7.65. The quantitative estimate of drug-likeness (QED) is 0.481. The van der Waals surface area contributed by atoms with Crippen molar-refractivity contribution >= 4 is 22.6 Å². The summed E-state index contributed by atoms with van der Waals surface area (Å²) >= 11 is 1.43. The Balaban J connectivity index is 2.86. The molecule has 3 N–H and O–H groups in total. The third kappa shape index (κ3) is 3.58. The zero-order valence-electron chi connectivity index (χ0n) is 9.34. The summed E-state index contributed by atoms with van der Waals surface area (Å²) in [6, 6.07) is 6.99. The highest BCUT2D eigenvalue weighted by Crippen LogP contribution is 2.16. The van der Waals surface area contributed by atoms with E-state index in [1.165, 1.54) is 11.8 Å². The second-order valence-corrected chi connectivity index (χ2v) is 4.36. The van der Waals surface area contributed by atoms with Gasteiger partial charge in [-0.25, -0.2) is 0 Å². The monoisotopic (exact) mass is 237 g/mol. The van der Waals surface area contributed by atoms with E-state index < -0.39 is 0 Å². The number of thioether (sulfide) groups is 1. The summed E-state index contributed by atoms with van der Waals surface area (Å²) in [5, 5.41) is 17.8. The second-order valence-electron chi connectivity index (χ2n) is 3.07. The highest BCUT2D eigenvalue weighted by molar-refractivity contribution is 8.13. The molecule has 0 aliphatic rings. The summed E-state index contributed by atoms with van der Waals surface area (Å²) in [5.41, 5.74) is 6.90. The molecule has 0 fully saturated rings. The van der Waals surface area contributed by atoms with Crippen molar-refractivity contribution in [1.29, 1.82) is 0 Å². The van der Waals surface area contributed by atoms with Crippen LogP contribution >= 0.6 is 11.8 Å². The number of phenols is 1. The molecule has 86 valence electrons. The molecule has 0 unspecified atom stereocenters. The molecule has 0 aromatic heterocycles. The average molecular weight is 237 g/mol. The van der Waals surface area contributed by atoms with Crippen molar-refractivity contribution in [2.75, 3.05) is 5.75 Å². The second kappa shape index (κ2) is 6.17. The molecule has 0 saturated carbocycles. The minimum absolute atomic E-state index is 0.195. The van der Waals surface area contributed by atoms with Crippen LogP contribution < -0.4 is 5.73 Å². The maximum Gasteiger partial charge on any atom is 0.180 e. The third-order valence-electron chi connectivity index (χ3n) is 1.88. The van der Waals surface area contributed by atoms with Gasteiger partial charge in [0, 0.05) is 5.56 Å². The first-order valence-corrected chi connectivity index (χ1v) is 5.92. The minimum Gasteiger partial charge on any atom is -0.507 e. The molecule has 0 radical (unpaired) electrons. The molecule has 0 amide bonds. The molecule has 0 spiro atoms. The third-order valence-corrected chi connectivity index (χ3v) is 2.55. The molecule has 1 aromatic carbocycles. The van der Waals surface area contributed by atoms with Crippen LogP contribution in [0, 0.1) is 0 Å². The van der Waals surface area contributed by atoms with Crippen LogP contribution in [-0.2, 0) is 0 Å². The molecular weight excluding hydrogens is 222 g/mol. The molecule has 16 heavy (non-hydrogen) atoms. The highest BCUT2D eigenvalue weighted by atomic mass is 32.2. The van der Waals surface area contributed by atoms with E-state index >= 15 is 0 Å². The molecule has 0 saturated heterocycles. The first-order valence-electron chi connectivity index (χ1n) is 4.94. The first kappa shape index (κ1) is 12.6. The lowest BCUT2D eigenvalue weighted by Gasteiger charge is -2.01. The van der Waals surface area contributed by atoms with Gasteiger partial charge in [0.25, 0.3) is 0 Å². The Morgan fingerprint density at radius 2 is 2.06 bits per heavy atom. The number of para-hydroxylation sites is 1. The van der Waals surface area contributed by atoms with Gasteiger partial charge in [0.15, 0.2) is 5.17 Å². The molecule has 4 nitrogen and oxygen atoms in total. The van der Waals surface area contributed by atoms with E-state index in [2.05, 4.69) is 10.2 Å². The van der Waals surface area contributed by atoms with Crippen LogP contribution in [0.3, 0.4) is 0 Å². The van der Waals surface area contributed by atoms with E-state index in [1.807, 2.05) is 13.0 Å². The van der Waals surface area contributed by atoms with Crippen LogP contribution in [0.4, 0.5) is 0 Å². The lowest BCUT2D eigenvalue weighted by molar-refractivity contribution is 0.474. The number of phenolic OH excluding ortho intramolecular Hbond substituents is 1. The summed E-state index contributed by atoms with van der Waals surface area (Å²) < 4.78 is 0. The van der Waals surface area contributed by atoms with Gasteiger partial charge < -0.3 is 10.8 Å². The fourth-order valence-electron chi connectivity index (χ4n) is 1.13. The minimum atomic E-state index is 0.195. The number of aromatic hydroxyl groups is 1. The van der Waals surface area contributed by atoms with Crippen molar-refractivity contribution in [3.05, 3.63) is 29.8 Å². The largest absolute Gasteiger partial charge is 0.507 e. The summed E-state index contributed by atoms with van der Waals surface area (Å²) in [7, 11) is 0. The molecule has 1 rings (SSSR count). The zero-order valence-corrected chi connectivity index (χ0v) is 10.2. The normalized spacial score (nSPS) is 12.9. The van der Waals surface area contributed by atoms with Gasteiger partial charge >= 0.3 is 0 Å².